The van der Waals surface area contributed by atoms with Gasteiger partial charge in [0.25, 0.3) is 0 Å². The molecule has 1 unspecified atom stereocenters. The van der Waals surface area contributed by atoms with Gasteiger partial charge in [0.2, 0.25) is 0 Å². The summed E-state index contributed by atoms with van der Waals surface area (Å²) >= 11 is 0. The zero-order valence-corrected chi connectivity index (χ0v) is 13.1. The second-order valence-corrected chi connectivity index (χ2v) is 6.67. The molecule has 1 heterocycles. The zero-order chi connectivity index (χ0) is 15.2. The molecule has 0 spiro atoms. The molecule has 2 heteroatoms. The minimum atomic E-state index is -0.584. The van der Waals surface area contributed by atoms with Gasteiger partial charge in [-0.3, -0.25) is 0 Å². The molecular formula is C19H22O2. The third-order valence-electron chi connectivity index (χ3n) is 4.12. The van der Waals surface area contributed by atoms with Crippen molar-refractivity contribution in [3.63, 3.8) is 0 Å². The predicted octanol–water partition coefficient (Wildman–Crippen LogP) is 4.10. The molecule has 1 aliphatic heterocycles. The molecule has 2 aromatic rings. The minimum Gasteiger partial charge on any atom is -0.487 e. The number of ether oxygens (including phenoxy) is 1. The van der Waals surface area contributed by atoms with Crippen molar-refractivity contribution in [2.45, 2.75) is 45.8 Å². The fourth-order valence-electron chi connectivity index (χ4n) is 3.11. The van der Waals surface area contributed by atoms with Gasteiger partial charge in [0.1, 0.15) is 17.5 Å². The Balaban J connectivity index is 1.95. The average Bonchev–Trinajstić information content (AvgIpc) is 2.70. The molecule has 0 aliphatic carbocycles. The summed E-state index contributed by atoms with van der Waals surface area (Å²) in [6, 6.07) is 12.2. The second-order valence-electron chi connectivity index (χ2n) is 6.67. The highest BCUT2D eigenvalue weighted by Gasteiger charge is 2.30. The van der Waals surface area contributed by atoms with Crippen LogP contribution in [0.1, 0.15) is 47.8 Å². The van der Waals surface area contributed by atoms with Gasteiger partial charge < -0.3 is 9.84 Å². The summed E-state index contributed by atoms with van der Waals surface area (Å²) in [5.41, 5.74) is 5.28. The van der Waals surface area contributed by atoms with Gasteiger partial charge in [-0.2, -0.15) is 0 Å². The van der Waals surface area contributed by atoms with Crippen molar-refractivity contribution in [3.05, 3.63) is 64.2 Å². The summed E-state index contributed by atoms with van der Waals surface area (Å²) in [6.45, 7) is 8.30. The number of hydrogen-bond donors (Lipinski definition) is 1. The Hall–Kier alpha value is -1.80. The summed E-state index contributed by atoms with van der Waals surface area (Å²) in [4.78, 5) is 0. The molecule has 0 amide bonds. The average molecular weight is 282 g/mol. The van der Waals surface area contributed by atoms with E-state index in [9.17, 15) is 5.11 Å². The quantitative estimate of drug-likeness (QED) is 0.898. The normalized spacial score (nSPS) is 17.2. The van der Waals surface area contributed by atoms with E-state index in [1.54, 1.807) is 0 Å². The third-order valence-corrected chi connectivity index (χ3v) is 4.12. The van der Waals surface area contributed by atoms with E-state index in [0.29, 0.717) is 0 Å². The first kappa shape index (κ1) is 14.2. The van der Waals surface area contributed by atoms with Crippen LogP contribution in [0.2, 0.25) is 0 Å². The standard InChI is InChI=1S/C19H22O2/c1-12-5-7-16(13(2)9-12)18(20)14-6-8-17-15(10-14)11-19(3,4)21-17/h5-10,18,20H,11H2,1-4H3. The molecule has 21 heavy (non-hydrogen) atoms. The topological polar surface area (TPSA) is 29.5 Å². The number of aryl methyl sites for hydroxylation is 2. The first-order valence-corrected chi connectivity index (χ1v) is 7.43. The lowest BCUT2D eigenvalue weighted by Gasteiger charge is -2.16. The summed E-state index contributed by atoms with van der Waals surface area (Å²) < 4.78 is 5.89. The van der Waals surface area contributed by atoms with Gasteiger partial charge in [-0.25, -0.2) is 0 Å². The molecule has 1 atom stereocenters. The van der Waals surface area contributed by atoms with E-state index in [-0.39, 0.29) is 5.60 Å². The molecule has 1 N–H and O–H groups in total. The van der Waals surface area contributed by atoms with Crippen molar-refractivity contribution in [1.82, 2.24) is 0 Å². The molecular weight excluding hydrogens is 260 g/mol. The maximum Gasteiger partial charge on any atom is 0.123 e. The molecule has 2 aromatic carbocycles. The number of fused-ring (bicyclic) bond motifs is 1. The fourth-order valence-corrected chi connectivity index (χ4v) is 3.11. The lowest BCUT2D eigenvalue weighted by molar-refractivity contribution is 0.138. The van der Waals surface area contributed by atoms with Crippen LogP contribution in [0.5, 0.6) is 5.75 Å². The molecule has 0 saturated heterocycles. The van der Waals surface area contributed by atoms with E-state index in [0.717, 1.165) is 28.9 Å². The van der Waals surface area contributed by atoms with Gasteiger partial charge in [0, 0.05) is 6.42 Å². The van der Waals surface area contributed by atoms with Crippen LogP contribution in [0.25, 0.3) is 0 Å². The molecule has 0 bridgehead atoms. The largest absolute Gasteiger partial charge is 0.487 e. The van der Waals surface area contributed by atoms with Crippen LogP contribution in [0.4, 0.5) is 0 Å². The first-order chi connectivity index (χ1) is 9.85. The highest BCUT2D eigenvalue weighted by atomic mass is 16.5. The van der Waals surface area contributed by atoms with Crippen LogP contribution in [0.15, 0.2) is 36.4 Å². The third kappa shape index (κ3) is 2.68. The van der Waals surface area contributed by atoms with Crippen molar-refractivity contribution >= 4 is 0 Å². The predicted molar refractivity (Wildman–Crippen MR) is 84.8 cm³/mol. The van der Waals surface area contributed by atoms with Gasteiger partial charge in [0.05, 0.1) is 0 Å². The molecule has 110 valence electrons. The number of aliphatic hydroxyl groups is 1. The molecule has 0 aromatic heterocycles. The van der Waals surface area contributed by atoms with Crippen molar-refractivity contribution in [2.24, 2.45) is 0 Å². The number of benzene rings is 2. The summed E-state index contributed by atoms with van der Waals surface area (Å²) in [5, 5.41) is 10.7. The zero-order valence-electron chi connectivity index (χ0n) is 13.1. The van der Waals surface area contributed by atoms with E-state index in [2.05, 4.69) is 32.9 Å². The Bertz CT molecular complexity index is 686. The lowest BCUT2D eigenvalue weighted by Crippen LogP contribution is -2.24. The van der Waals surface area contributed by atoms with Crippen molar-refractivity contribution in [2.75, 3.05) is 0 Å². The fraction of sp³-hybridized carbons (Fsp3) is 0.368. The monoisotopic (exact) mass is 282 g/mol. The molecule has 0 saturated carbocycles. The smallest absolute Gasteiger partial charge is 0.123 e. The maximum atomic E-state index is 10.7. The molecule has 0 radical (unpaired) electrons. The Morgan fingerprint density at radius 2 is 1.86 bits per heavy atom. The second kappa shape index (κ2) is 4.88. The van der Waals surface area contributed by atoms with E-state index in [1.165, 1.54) is 11.1 Å². The van der Waals surface area contributed by atoms with E-state index in [4.69, 9.17) is 4.74 Å². The van der Waals surface area contributed by atoms with Gasteiger partial charge in [-0.15, -0.1) is 0 Å². The lowest BCUT2D eigenvalue weighted by atomic mass is 9.93. The first-order valence-electron chi connectivity index (χ1n) is 7.43. The highest BCUT2D eigenvalue weighted by molar-refractivity contribution is 5.45. The molecule has 0 fully saturated rings. The van der Waals surface area contributed by atoms with Crippen molar-refractivity contribution < 1.29 is 9.84 Å². The molecule has 1 aliphatic rings. The van der Waals surface area contributed by atoms with Crippen molar-refractivity contribution in [3.8, 4) is 5.75 Å². The van der Waals surface area contributed by atoms with E-state index in [1.807, 2.05) is 31.2 Å². The van der Waals surface area contributed by atoms with Crippen LogP contribution < -0.4 is 4.74 Å². The highest BCUT2D eigenvalue weighted by Crippen LogP contribution is 2.37. The summed E-state index contributed by atoms with van der Waals surface area (Å²) in [5.74, 6) is 0.941. The Morgan fingerprint density at radius 3 is 2.57 bits per heavy atom. The van der Waals surface area contributed by atoms with Gasteiger partial charge in [-0.05, 0) is 62.1 Å². The van der Waals surface area contributed by atoms with Crippen LogP contribution in [0, 0.1) is 13.8 Å². The molecule has 2 nitrogen and oxygen atoms in total. The maximum absolute atomic E-state index is 10.7. The number of rotatable bonds is 2. The van der Waals surface area contributed by atoms with Gasteiger partial charge >= 0.3 is 0 Å². The molecule has 3 rings (SSSR count). The Morgan fingerprint density at radius 1 is 1.10 bits per heavy atom. The van der Waals surface area contributed by atoms with Crippen LogP contribution in [-0.4, -0.2) is 10.7 Å². The van der Waals surface area contributed by atoms with Crippen molar-refractivity contribution in [1.29, 1.82) is 0 Å². The van der Waals surface area contributed by atoms with Gasteiger partial charge in [-0.1, -0.05) is 29.8 Å². The Kier molecular flexibility index (Phi) is 3.29. The van der Waals surface area contributed by atoms with Crippen LogP contribution in [0.3, 0.4) is 0 Å². The number of aliphatic hydroxyl groups excluding tert-OH is 1. The summed E-state index contributed by atoms with van der Waals surface area (Å²) in [7, 11) is 0. The van der Waals surface area contributed by atoms with E-state index < -0.39 is 6.10 Å². The Labute approximate surface area is 126 Å². The minimum absolute atomic E-state index is 0.147. The van der Waals surface area contributed by atoms with Gasteiger partial charge in [0.15, 0.2) is 0 Å². The summed E-state index contributed by atoms with van der Waals surface area (Å²) in [6.07, 6.45) is 0.301. The number of hydrogen-bond acceptors (Lipinski definition) is 2. The SMILES string of the molecule is Cc1ccc(C(O)c2ccc3c(c2)CC(C)(C)O3)c(C)c1. The van der Waals surface area contributed by atoms with Crippen LogP contribution >= 0.6 is 0 Å². The van der Waals surface area contributed by atoms with E-state index >= 15 is 0 Å². The van der Waals surface area contributed by atoms with Crippen LogP contribution in [-0.2, 0) is 6.42 Å².